The maximum Gasteiger partial charge on any atom is 0.291 e. The molecule has 4 heteroatoms. The number of amides is 1. The summed E-state index contributed by atoms with van der Waals surface area (Å²) in [7, 11) is 0. The van der Waals surface area contributed by atoms with Crippen molar-refractivity contribution in [3.8, 4) is 0 Å². The first-order valence-electron chi connectivity index (χ1n) is 4.53. The lowest BCUT2D eigenvalue weighted by Crippen LogP contribution is -2.10. The summed E-state index contributed by atoms with van der Waals surface area (Å²) in [6.45, 7) is 0. The van der Waals surface area contributed by atoms with Crippen LogP contribution >= 0.6 is 11.8 Å². The zero-order chi connectivity index (χ0) is 10.7. The number of thioether (sulfide) groups is 1. The van der Waals surface area contributed by atoms with E-state index in [-0.39, 0.29) is 10.4 Å². The van der Waals surface area contributed by atoms with Gasteiger partial charge in [-0.1, -0.05) is 36.4 Å². The first-order valence-corrected chi connectivity index (χ1v) is 5.34. The summed E-state index contributed by atoms with van der Waals surface area (Å²) in [5.41, 5.74) is 1.51. The third-order valence-electron chi connectivity index (χ3n) is 2.03. The summed E-state index contributed by atoms with van der Waals surface area (Å²) in [4.78, 5) is 22.1. The van der Waals surface area contributed by atoms with Crippen LogP contribution in [0.5, 0.6) is 0 Å². The lowest BCUT2D eigenvalue weighted by Gasteiger charge is -1.96. The summed E-state index contributed by atoms with van der Waals surface area (Å²) in [5.74, 6) is 0. The van der Waals surface area contributed by atoms with E-state index in [2.05, 4.69) is 5.32 Å². The zero-order valence-electron chi connectivity index (χ0n) is 7.90. The Morgan fingerprint density at radius 1 is 1.20 bits per heavy atom. The fraction of sp³-hybridized carbons (Fsp3) is 0.0909. The van der Waals surface area contributed by atoms with Crippen molar-refractivity contribution in [1.29, 1.82) is 0 Å². The first kappa shape index (κ1) is 9.98. The average Bonchev–Trinajstić information content (AvgIpc) is 2.56. The van der Waals surface area contributed by atoms with Crippen LogP contribution in [0, 0.1) is 0 Å². The van der Waals surface area contributed by atoms with E-state index >= 15 is 0 Å². The van der Waals surface area contributed by atoms with Crippen LogP contribution < -0.4 is 5.32 Å². The predicted molar refractivity (Wildman–Crippen MR) is 59.4 cm³/mol. The molecule has 0 spiro atoms. The Balaban J connectivity index is 2.06. The van der Waals surface area contributed by atoms with E-state index in [1.807, 2.05) is 30.3 Å². The highest BCUT2D eigenvalue weighted by atomic mass is 32.2. The molecule has 0 radical (unpaired) electrons. The lowest BCUT2D eigenvalue weighted by atomic mass is 10.1. The van der Waals surface area contributed by atoms with Crippen molar-refractivity contribution in [3.63, 3.8) is 0 Å². The van der Waals surface area contributed by atoms with Crippen molar-refractivity contribution in [2.24, 2.45) is 0 Å². The largest absolute Gasteiger partial charge is 0.313 e. The van der Waals surface area contributed by atoms with E-state index < -0.39 is 0 Å². The van der Waals surface area contributed by atoms with Crippen molar-refractivity contribution in [3.05, 3.63) is 47.7 Å². The topological polar surface area (TPSA) is 46.2 Å². The van der Waals surface area contributed by atoms with Crippen molar-refractivity contribution in [2.75, 3.05) is 0 Å². The molecule has 1 saturated heterocycles. The van der Waals surface area contributed by atoms with Crippen LogP contribution in [-0.4, -0.2) is 10.4 Å². The molecule has 0 aliphatic carbocycles. The minimum atomic E-state index is -0.292. The number of rotatable bonds is 2. The minimum Gasteiger partial charge on any atom is -0.313 e. The van der Waals surface area contributed by atoms with E-state index in [1.54, 1.807) is 6.08 Å². The second-order valence-electron chi connectivity index (χ2n) is 3.11. The number of hydrogen-bond donors (Lipinski definition) is 1. The van der Waals surface area contributed by atoms with Crippen LogP contribution in [0.1, 0.15) is 5.56 Å². The molecule has 0 unspecified atom stereocenters. The molecule has 0 aromatic heterocycles. The molecule has 1 amide bonds. The molecule has 1 heterocycles. The maximum atomic E-state index is 11.2. The van der Waals surface area contributed by atoms with Gasteiger partial charge in [-0.15, -0.1) is 0 Å². The number of carbonyl (C=O) groups is 2. The van der Waals surface area contributed by atoms with Crippen LogP contribution in [0.3, 0.4) is 0 Å². The van der Waals surface area contributed by atoms with Gasteiger partial charge in [0.25, 0.3) is 5.24 Å². The Kier molecular flexibility index (Phi) is 2.87. The van der Waals surface area contributed by atoms with Gasteiger partial charge in [-0.3, -0.25) is 9.59 Å². The van der Waals surface area contributed by atoms with Gasteiger partial charge >= 0.3 is 0 Å². The van der Waals surface area contributed by atoms with Crippen LogP contribution in [0.4, 0.5) is 4.79 Å². The highest BCUT2D eigenvalue weighted by Crippen LogP contribution is 2.18. The summed E-state index contributed by atoms with van der Waals surface area (Å²) in [5, 5.41) is 2.02. The van der Waals surface area contributed by atoms with Crippen LogP contribution in [0.2, 0.25) is 0 Å². The molecule has 15 heavy (non-hydrogen) atoms. The van der Waals surface area contributed by atoms with Gasteiger partial charge in [0, 0.05) is 11.8 Å². The molecule has 2 rings (SSSR count). The highest BCUT2D eigenvalue weighted by molar-refractivity contribution is 8.27. The minimum absolute atomic E-state index is 0.198. The molecule has 76 valence electrons. The molecule has 1 fully saturated rings. The van der Waals surface area contributed by atoms with Crippen molar-refractivity contribution >= 4 is 22.1 Å². The van der Waals surface area contributed by atoms with Gasteiger partial charge in [-0.2, -0.15) is 0 Å². The molecule has 1 aliphatic rings. The number of nitrogens with one attached hydrogen (secondary N) is 1. The number of allylic oxidation sites excluding steroid dienone is 1. The number of hydrogen-bond acceptors (Lipinski definition) is 3. The first-order chi connectivity index (χ1) is 7.25. The van der Waals surface area contributed by atoms with E-state index in [1.165, 1.54) is 0 Å². The highest BCUT2D eigenvalue weighted by Gasteiger charge is 2.24. The van der Waals surface area contributed by atoms with Gasteiger partial charge < -0.3 is 5.32 Å². The molecule has 0 atom stereocenters. The molecule has 0 saturated carbocycles. The Morgan fingerprint density at radius 3 is 2.53 bits per heavy atom. The van der Waals surface area contributed by atoms with Gasteiger partial charge in [-0.25, -0.2) is 0 Å². The molecular formula is C11H9NO2S. The van der Waals surface area contributed by atoms with E-state index in [9.17, 15) is 9.59 Å². The van der Waals surface area contributed by atoms with Gasteiger partial charge in [0.05, 0.1) is 5.70 Å². The van der Waals surface area contributed by atoms with Crippen molar-refractivity contribution < 1.29 is 9.59 Å². The zero-order valence-corrected chi connectivity index (χ0v) is 8.71. The Bertz CT molecular complexity index is 425. The van der Waals surface area contributed by atoms with Crippen molar-refractivity contribution in [1.82, 2.24) is 5.32 Å². The summed E-state index contributed by atoms with van der Waals surface area (Å²) in [6, 6.07) is 9.78. The quantitative estimate of drug-likeness (QED) is 0.775. The van der Waals surface area contributed by atoms with Gasteiger partial charge in [-0.05, 0) is 12.0 Å². The van der Waals surface area contributed by atoms with Crippen LogP contribution in [0.15, 0.2) is 42.1 Å². The lowest BCUT2D eigenvalue weighted by molar-refractivity contribution is -0.107. The van der Waals surface area contributed by atoms with Crippen LogP contribution in [-0.2, 0) is 11.2 Å². The third-order valence-corrected chi connectivity index (χ3v) is 2.72. The molecule has 1 N–H and O–H groups in total. The predicted octanol–water partition coefficient (Wildman–Crippen LogP) is 2.10. The maximum absolute atomic E-state index is 11.2. The van der Waals surface area contributed by atoms with E-state index in [0.29, 0.717) is 23.9 Å². The number of carbonyl (C=O) groups excluding carboxylic acids is 2. The molecule has 1 aromatic rings. The normalized spacial score (nSPS) is 18.3. The Labute approximate surface area is 91.6 Å². The smallest absolute Gasteiger partial charge is 0.291 e. The summed E-state index contributed by atoms with van der Waals surface area (Å²) in [6.07, 6.45) is 2.40. The third kappa shape index (κ3) is 2.47. The molecule has 3 nitrogen and oxygen atoms in total. The molecular weight excluding hydrogens is 210 g/mol. The molecule has 1 aliphatic heterocycles. The van der Waals surface area contributed by atoms with Crippen molar-refractivity contribution in [2.45, 2.75) is 6.42 Å². The van der Waals surface area contributed by atoms with Gasteiger partial charge in [0.2, 0.25) is 5.12 Å². The van der Waals surface area contributed by atoms with Gasteiger partial charge in [0.1, 0.15) is 0 Å². The SMILES string of the molecule is O=C1NC(=CCc2ccccc2)C(=O)S1. The monoisotopic (exact) mass is 219 g/mol. The number of benzene rings is 1. The summed E-state index contributed by atoms with van der Waals surface area (Å²) < 4.78 is 0. The Morgan fingerprint density at radius 2 is 1.93 bits per heavy atom. The van der Waals surface area contributed by atoms with Gasteiger partial charge in [0.15, 0.2) is 0 Å². The average molecular weight is 219 g/mol. The fourth-order valence-corrected chi connectivity index (χ4v) is 1.87. The summed E-state index contributed by atoms with van der Waals surface area (Å²) >= 11 is 0.706. The second kappa shape index (κ2) is 4.31. The molecule has 1 aromatic carbocycles. The van der Waals surface area contributed by atoms with Crippen LogP contribution in [0.25, 0.3) is 0 Å². The Hall–Kier alpha value is -1.55. The standard InChI is InChI=1S/C11H9NO2S/c13-10-9(12-11(14)15-10)7-6-8-4-2-1-3-5-8/h1-5,7H,6H2,(H,12,14). The van der Waals surface area contributed by atoms with E-state index in [0.717, 1.165) is 5.56 Å². The second-order valence-corrected chi connectivity index (χ2v) is 4.06. The fourth-order valence-electron chi connectivity index (χ4n) is 1.29. The van der Waals surface area contributed by atoms with E-state index in [4.69, 9.17) is 0 Å². The molecule has 0 bridgehead atoms.